The highest BCUT2D eigenvalue weighted by atomic mass is 16.5. The Morgan fingerprint density at radius 2 is 1.84 bits per heavy atom. The number of anilines is 1. The van der Waals surface area contributed by atoms with E-state index in [1.165, 1.54) is 11.3 Å². The fourth-order valence-electron chi connectivity index (χ4n) is 2.66. The molecule has 4 nitrogen and oxygen atoms in total. The average Bonchev–Trinajstić information content (AvgIpc) is 2.44. The molecule has 0 aromatic heterocycles. The number of morpholine rings is 1. The van der Waals surface area contributed by atoms with E-state index in [9.17, 15) is 5.11 Å². The van der Waals surface area contributed by atoms with E-state index in [4.69, 9.17) is 4.74 Å². The lowest BCUT2D eigenvalue weighted by Gasteiger charge is -2.32. The minimum Gasteiger partial charge on any atom is -0.393 e. The van der Waals surface area contributed by atoms with Crippen LogP contribution in [0.2, 0.25) is 0 Å². The Hall–Kier alpha value is -1.10. The average molecular weight is 262 g/mol. The van der Waals surface area contributed by atoms with Crippen LogP contribution >= 0.6 is 0 Å². The number of aliphatic hydroxyl groups is 1. The lowest BCUT2D eigenvalue weighted by Crippen LogP contribution is -2.43. The molecule has 1 heterocycles. The third-order valence-corrected chi connectivity index (χ3v) is 4.02. The van der Waals surface area contributed by atoms with Crippen molar-refractivity contribution in [1.82, 2.24) is 5.32 Å². The van der Waals surface area contributed by atoms with Crippen molar-refractivity contribution in [1.29, 1.82) is 0 Å². The summed E-state index contributed by atoms with van der Waals surface area (Å²) in [5, 5.41) is 12.7. The minimum atomic E-state index is -0.0822. The lowest BCUT2D eigenvalue weighted by atomic mass is 9.89. The molecular weight excluding hydrogens is 240 g/mol. The number of nitrogens with zero attached hydrogens (tertiary/aromatic N) is 1. The maximum atomic E-state index is 9.24. The topological polar surface area (TPSA) is 44.7 Å². The van der Waals surface area contributed by atoms with Crippen LogP contribution in [0.1, 0.15) is 18.4 Å². The predicted octanol–water partition coefficient (Wildman–Crippen LogP) is 1.14. The van der Waals surface area contributed by atoms with E-state index in [0.717, 1.165) is 45.7 Å². The smallest absolute Gasteiger partial charge is 0.0642 e. The quantitative estimate of drug-likeness (QED) is 0.854. The second-order valence-electron chi connectivity index (χ2n) is 5.47. The molecule has 19 heavy (non-hydrogen) atoms. The molecule has 0 bridgehead atoms. The molecule has 1 aromatic rings. The number of hydrogen-bond acceptors (Lipinski definition) is 4. The summed E-state index contributed by atoms with van der Waals surface area (Å²) >= 11 is 0. The largest absolute Gasteiger partial charge is 0.393 e. The maximum absolute atomic E-state index is 9.24. The molecule has 104 valence electrons. The zero-order valence-electron chi connectivity index (χ0n) is 11.2. The molecular formula is C15H22N2O2. The molecule has 0 radical (unpaired) electrons. The molecule has 0 atom stereocenters. The van der Waals surface area contributed by atoms with Crippen molar-refractivity contribution in [3.05, 3.63) is 29.8 Å². The molecule has 3 rings (SSSR count). The van der Waals surface area contributed by atoms with Gasteiger partial charge in [0, 0.05) is 31.4 Å². The Kier molecular flexibility index (Phi) is 4.01. The van der Waals surface area contributed by atoms with Crippen LogP contribution in [0.5, 0.6) is 0 Å². The van der Waals surface area contributed by atoms with Crippen molar-refractivity contribution in [3.63, 3.8) is 0 Å². The standard InChI is InChI=1S/C15H22N2O2/c18-15-9-13(10-15)16-11-12-1-3-14(4-2-12)17-5-7-19-8-6-17/h1-4,13,15-16,18H,5-11H2. The van der Waals surface area contributed by atoms with E-state index in [1.54, 1.807) is 0 Å². The first-order valence-electron chi connectivity index (χ1n) is 7.14. The SMILES string of the molecule is OC1CC(NCc2ccc(N3CCOCC3)cc2)C1. The van der Waals surface area contributed by atoms with Crippen molar-refractivity contribution in [2.24, 2.45) is 0 Å². The summed E-state index contributed by atoms with van der Waals surface area (Å²) < 4.78 is 5.37. The first-order chi connectivity index (χ1) is 9.31. The number of ether oxygens (including phenoxy) is 1. The summed E-state index contributed by atoms with van der Waals surface area (Å²) in [6, 6.07) is 9.25. The molecule has 1 saturated carbocycles. The number of aliphatic hydroxyl groups excluding tert-OH is 1. The monoisotopic (exact) mass is 262 g/mol. The normalized spacial score (nSPS) is 27.1. The molecule has 0 spiro atoms. The highest BCUT2D eigenvalue weighted by Crippen LogP contribution is 2.20. The summed E-state index contributed by atoms with van der Waals surface area (Å²) in [7, 11) is 0. The Morgan fingerprint density at radius 3 is 2.47 bits per heavy atom. The van der Waals surface area contributed by atoms with Gasteiger partial charge in [0.1, 0.15) is 0 Å². The van der Waals surface area contributed by atoms with Crippen LogP contribution in [0, 0.1) is 0 Å². The van der Waals surface area contributed by atoms with Gasteiger partial charge in [0.2, 0.25) is 0 Å². The first kappa shape index (κ1) is 12.9. The summed E-state index contributed by atoms with van der Waals surface area (Å²) in [6.45, 7) is 4.51. The predicted molar refractivity (Wildman–Crippen MR) is 75.3 cm³/mol. The van der Waals surface area contributed by atoms with Crippen molar-refractivity contribution in [3.8, 4) is 0 Å². The molecule has 1 aliphatic heterocycles. The highest BCUT2D eigenvalue weighted by molar-refractivity contribution is 5.47. The van der Waals surface area contributed by atoms with Gasteiger partial charge in [0.15, 0.2) is 0 Å². The highest BCUT2D eigenvalue weighted by Gasteiger charge is 2.26. The van der Waals surface area contributed by atoms with E-state index in [1.807, 2.05) is 0 Å². The zero-order chi connectivity index (χ0) is 13.1. The van der Waals surface area contributed by atoms with Crippen molar-refractivity contribution >= 4 is 5.69 Å². The molecule has 2 N–H and O–H groups in total. The minimum absolute atomic E-state index is 0.0822. The van der Waals surface area contributed by atoms with E-state index < -0.39 is 0 Å². The lowest BCUT2D eigenvalue weighted by molar-refractivity contribution is 0.0619. The fourth-order valence-corrected chi connectivity index (χ4v) is 2.66. The van der Waals surface area contributed by atoms with Crippen LogP contribution < -0.4 is 10.2 Å². The van der Waals surface area contributed by atoms with E-state index in [2.05, 4.69) is 34.5 Å². The molecule has 1 aromatic carbocycles. The third-order valence-electron chi connectivity index (χ3n) is 4.02. The molecule has 0 amide bonds. The van der Waals surface area contributed by atoms with Crippen LogP contribution in [0.3, 0.4) is 0 Å². The van der Waals surface area contributed by atoms with Crippen molar-refractivity contribution in [2.45, 2.75) is 31.5 Å². The molecule has 1 aliphatic carbocycles. The molecule has 4 heteroatoms. The third kappa shape index (κ3) is 3.26. The summed E-state index contributed by atoms with van der Waals surface area (Å²) in [5.41, 5.74) is 2.59. The second-order valence-corrected chi connectivity index (χ2v) is 5.47. The van der Waals surface area contributed by atoms with Gasteiger partial charge in [-0.05, 0) is 30.5 Å². The van der Waals surface area contributed by atoms with Gasteiger partial charge < -0.3 is 20.1 Å². The number of hydrogen-bond donors (Lipinski definition) is 2. The van der Waals surface area contributed by atoms with Crippen LogP contribution in [0.4, 0.5) is 5.69 Å². The number of rotatable bonds is 4. The van der Waals surface area contributed by atoms with Gasteiger partial charge in [-0.15, -0.1) is 0 Å². The van der Waals surface area contributed by atoms with Gasteiger partial charge in [-0.1, -0.05) is 12.1 Å². The molecule has 0 unspecified atom stereocenters. The summed E-state index contributed by atoms with van der Waals surface area (Å²) in [4.78, 5) is 2.36. The van der Waals surface area contributed by atoms with Crippen LogP contribution in [0.15, 0.2) is 24.3 Å². The zero-order valence-corrected chi connectivity index (χ0v) is 11.2. The van der Waals surface area contributed by atoms with Gasteiger partial charge in [-0.2, -0.15) is 0 Å². The Bertz CT molecular complexity index is 395. The van der Waals surface area contributed by atoms with E-state index >= 15 is 0 Å². The molecule has 2 aliphatic rings. The molecule has 1 saturated heterocycles. The van der Waals surface area contributed by atoms with E-state index in [0.29, 0.717) is 6.04 Å². The number of benzene rings is 1. The van der Waals surface area contributed by atoms with Crippen LogP contribution in [-0.2, 0) is 11.3 Å². The maximum Gasteiger partial charge on any atom is 0.0642 e. The van der Waals surface area contributed by atoms with Gasteiger partial charge in [-0.3, -0.25) is 0 Å². The Labute approximate surface area is 114 Å². The van der Waals surface area contributed by atoms with Crippen LogP contribution in [-0.4, -0.2) is 43.6 Å². The number of nitrogens with one attached hydrogen (secondary N) is 1. The first-order valence-corrected chi connectivity index (χ1v) is 7.14. The Balaban J connectivity index is 1.50. The van der Waals surface area contributed by atoms with E-state index in [-0.39, 0.29) is 6.10 Å². The molecule has 2 fully saturated rings. The van der Waals surface area contributed by atoms with Crippen molar-refractivity contribution < 1.29 is 9.84 Å². The van der Waals surface area contributed by atoms with Crippen LogP contribution in [0.25, 0.3) is 0 Å². The van der Waals surface area contributed by atoms with Gasteiger partial charge >= 0.3 is 0 Å². The fraction of sp³-hybridized carbons (Fsp3) is 0.600. The van der Waals surface area contributed by atoms with Gasteiger partial charge in [0.05, 0.1) is 19.3 Å². The summed E-state index contributed by atoms with van der Waals surface area (Å²) in [5.74, 6) is 0. The second kappa shape index (κ2) is 5.90. The Morgan fingerprint density at radius 1 is 1.16 bits per heavy atom. The van der Waals surface area contributed by atoms with Crippen molar-refractivity contribution in [2.75, 3.05) is 31.2 Å². The van der Waals surface area contributed by atoms with Gasteiger partial charge in [-0.25, -0.2) is 0 Å². The summed E-state index contributed by atoms with van der Waals surface area (Å²) in [6.07, 6.45) is 1.71. The van der Waals surface area contributed by atoms with Gasteiger partial charge in [0.25, 0.3) is 0 Å².